The second-order valence-corrected chi connectivity index (χ2v) is 7.07. The van der Waals surface area contributed by atoms with Gasteiger partial charge in [-0.05, 0) is 20.8 Å². The average molecular weight is 354 g/mol. The molecule has 7 heteroatoms. The highest BCUT2D eigenvalue weighted by atomic mass is 16.5. The van der Waals surface area contributed by atoms with Crippen LogP contribution in [-0.4, -0.2) is 99.2 Å². The van der Waals surface area contributed by atoms with Crippen molar-refractivity contribution >= 4 is 11.9 Å². The quantitative estimate of drug-likeness (QED) is 0.413. The fraction of sp³-hybridized carbons (Fsp3) is 0.778. The summed E-state index contributed by atoms with van der Waals surface area (Å²) in [5, 5.41) is 3.34. The second kappa shape index (κ2) is 10.4. The number of nitrogens with zero attached hydrogens (tertiary/aromatic N) is 4. The predicted molar refractivity (Wildman–Crippen MR) is 103 cm³/mol. The molecule has 0 radical (unpaired) electrons. The normalized spacial score (nSPS) is 22.0. The van der Waals surface area contributed by atoms with Crippen molar-refractivity contribution in [2.24, 2.45) is 4.99 Å². The Kier molecular flexibility index (Phi) is 8.92. The van der Waals surface area contributed by atoms with Crippen LogP contribution >= 0.6 is 0 Å². The van der Waals surface area contributed by atoms with E-state index < -0.39 is 0 Å². The van der Waals surface area contributed by atoms with E-state index in [9.17, 15) is 4.79 Å². The lowest BCUT2D eigenvalue weighted by Gasteiger charge is -2.45. The summed E-state index contributed by atoms with van der Waals surface area (Å²) < 4.78 is 5.22. The van der Waals surface area contributed by atoms with E-state index in [2.05, 4.69) is 40.5 Å². The first-order chi connectivity index (χ1) is 11.8. The van der Waals surface area contributed by atoms with Gasteiger partial charge in [0.25, 0.3) is 0 Å². The van der Waals surface area contributed by atoms with E-state index in [4.69, 9.17) is 4.74 Å². The summed E-state index contributed by atoms with van der Waals surface area (Å²) in [6.45, 7) is 14.6. The lowest BCUT2D eigenvalue weighted by molar-refractivity contribution is -0.127. The van der Waals surface area contributed by atoms with E-state index in [1.807, 2.05) is 6.92 Å². The van der Waals surface area contributed by atoms with E-state index in [0.717, 1.165) is 37.8 Å². The number of carbonyl (C=O) groups is 1. The average Bonchev–Trinajstić information content (AvgIpc) is 2.53. The number of methoxy groups -OCH3 is 1. The van der Waals surface area contributed by atoms with Crippen molar-refractivity contribution < 1.29 is 9.53 Å². The molecule has 0 saturated carbocycles. The molecule has 7 nitrogen and oxygen atoms in total. The molecule has 0 spiro atoms. The Hall–Kier alpha value is -1.60. The van der Waals surface area contributed by atoms with Gasteiger partial charge in [0.05, 0.1) is 6.61 Å². The maximum atomic E-state index is 11.9. The highest BCUT2D eigenvalue weighted by Gasteiger charge is 2.30. The third-order valence-electron chi connectivity index (χ3n) is 4.37. The predicted octanol–water partition coefficient (Wildman–Crippen LogP) is 0.637. The summed E-state index contributed by atoms with van der Waals surface area (Å²) in [6, 6.07) is 0.778. The van der Waals surface area contributed by atoms with Crippen molar-refractivity contribution in [3.05, 3.63) is 12.2 Å². The number of guanidine groups is 1. The van der Waals surface area contributed by atoms with Crippen LogP contribution in [0.3, 0.4) is 0 Å². The molecule has 2 atom stereocenters. The number of piperazine rings is 1. The Morgan fingerprint density at radius 2 is 1.92 bits per heavy atom. The van der Waals surface area contributed by atoms with Gasteiger partial charge in [0, 0.05) is 59.5 Å². The molecule has 1 heterocycles. The molecule has 0 bridgehead atoms. The molecule has 1 saturated heterocycles. The van der Waals surface area contributed by atoms with Gasteiger partial charge >= 0.3 is 0 Å². The molecule has 0 aromatic carbocycles. The minimum Gasteiger partial charge on any atom is -0.383 e. The van der Waals surface area contributed by atoms with Crippen molar-refractivity contribution in [3.63, 3.8) is 0 Å². The Morgan fingerprint density at radius 3 is 2.40 bits per heavy atom. The molecular formula is C18H35N5O2. The molecule has 25 heavy (non-hydrogen) atoms. The van der Waals surface area contributed by atoms with Crippen molar-refractivity contribution in [2.75, 3.05) is 60.5 Å². The van der Waals surface area contributed by atoms with Crippen LogP contribution in [0.1, 0.15) is 20.8 Å². The molecule has 1 aliphatic rings. The van der Waals surface area contributed by atoms with Crippen LogP contribution in [0.15, 0.2) is 17.1 Å². The topological polar surface area (TPSA) is 60.4 Å². The maximum absolute atomic E-state index is 11.9. The van der Waals surface area contributed by atoms with Crippen LogP contribution < -0.4 is 5.32 Å². The first-order valence-electron chi connectivity index (χ1n) is 8.88. The smallest absolute Gasteiger partial charge is 0.243 e. The molecule has 1 amide bonds. The van der Waals surface area contributed by atoms with Gasteiger partial charge in [-0.2, -0.15) is 0 Å². The van der Waals surface area contributed by atoms with E-state index >= 15 is 0 Å². The van der Waals surface area contributed by atoms with E-state index in [1.54, 1.807) is 26.1 Å². The van der Waals surface area contributed by atoms with Crippen LogP contribution in [0.25, 0.3) is 0 Å². The first-order valence-corrected chi connectivity index (χ1v) is 8.88. The van der Waals surface area contributed by atoms with Gasteiger partial charge in [-0.25, -0.2) is 4.99 Å². The number of hydrogen-bond donors (Lipinski definition) is 1. The van der Waals surface area contributed by atoms with Gasteiger partial charge in [0.2, 0.25) is 5.91 Å². The molecule has 0 aliphatic carbocycles. The summed E-state index contributed by atoms with van der Waals surface area (Å²) in [5.41, 5.74) is 1.03. The standard InChI is InChI=1S/C18H35N5O2/c1-14(2)10-19-18(20-11-17(24)21(5)6)22-12-15(3)23(8-9-25-7)16(4)13-22/h15-16H,1,8-13H2,2-7H3,(H,19,20). The highest BCUT2D eigenvalue weighted by Crippen LogP contribution is 2.15. The lowest BCUT2D eigenvalue weighted by atomic mass is 10.1. The van der Waals surface area contributed by atoms with Crippen molar-refractivity contribution in [3.8, 4) is 0 Å². The third kappa shape index (κ3) is 7.04. The number of hydrogen-bond acceptors (Lipinski definition) is 4. The molecular weight excluding hydrogens is 318 g/mol. The third-order valence-corrected chi connectivity index (χ3v) is 4.37. The fourth-order valence-corrected chi connectivity index (χ4v) is 2.95. The number of ether oxygens (including phenoxy) is 1. The van der Waals surface area contributed by atoms with E-state index in [-0.39, 0.29) is 12.5 Å². The van der Waals surface area contributed by atoms with Crippen LogP contribution in [-0.2, 0) is 9.53 Å². The monoisotopic (exact) mass is 353 g/mol. The number of aliphatic imine (C=N–C) groups is 1. The lowest BCUT2D eigenvalue weighted by Crippen LogP contribution is -2.60. The molecule has 1 N–H and O–H groups in total. The minimum atomic E-state index is -0.00514. The summed E-state index contributed by atoms with van der Waals surface area (Å²) in [4.78, 5) is 22.7. The Bertz CT molecular complexity index is 466. The number of likely N-dealkylation sites (N-methyl/N-ethyl adjacent to an activating group) is 1. The van der Waals surface area contributed by atoms with Gasteiger partial charge in [-0.3, -0.25) is 9.69 Å². The summed E-state index contributed by atoms with van der Waals surface area (Å²) in [7, 11) is 5.23. The molecule has 1 fully saturated rings. The van der Waals surface area contributed by atoms with Crippen LogP contribution in [0.5, 0.6) is 0 Å². The molecule has 1 rings (SSSR count). The number of rotatable bonds is 7. The SMILES string of the molecule is C=C(C)CNC(=NCC(=O)N(C)C)N1CC(C)N(CCOC)C(C)C1. The van der Waals surface area contributed by atoms with Crippen LogP contribution in [0.4, 0.5) is 0 Å². The number of carbonyl (C=O) groups excluding carboxylic acids is 1. The van der Waals surface area contributed by atoms with Gasteiger partial charge < -0.3 is 19.9 Å². The molecule has 0 aromatic heterocycles. The first kappa shape index (κ1) is 21.4. The Balaban J connectivity index is 2.82. The molecule has 144 valence electrons. The van der Waals surface area contributed by atoms with Gasteiger partial charge in [-0.15, -0.1) is 0 Å². The van der Waals surface area contributed by atoms with Gasteiger partial charge in [0.1, 0.15) is 6.54 Å². The second-order valence-electron chi connectivity index (χ2n) is 7.07. The van der Waals surface area contributed by atoms with Crippen LogP contribution in [0.2, 0.25) is 0 Å². The fourth-order valence-electron chi connectivity index (χ4n) is 2.95. The minimum absolute atomic E-state index is 0.00514. The largest absolute Gasteiger partial charge is 0.383 e. The zero-order valence-corrected chi connectivity index (χ0v) is 16.7. The number of nitrogens with one attached hydrogen (secondary N) is 1. The Morgan fingerprint density at radius 1 is 1.32 bits per heavy atom. The maximum Gasteiger partial charge on any atom is 0.243 e. The van der Waals surface area contributed by atoms with Crippen molar-refractivity contribution in [1.82, 2.24) is 20.0 Å². The highest BCUT2D eigenvalue weighted by molar-refractivity contribution is 5.85. The zero-order chi connectivity index (χ0) is 19.0. The van der Waals surface area contributed by atoms with E-state index in [0.29, 0.717) is 18.6 Å². The van der Waals surface area contributed by atoms with E-state index in [1.165, 1.54) is 0 Å². The number of amides is 1. The van der Waals surface area contributed by atoms with Gasteiger partial charge in [0.15, 0.2) is 5.96 Å². The molecule has 2 unspecified atom stereocenters. The Labute approximate surface area is 152 Å². The summed E-state index contributed by atoms with van der Waals surface area (Å²) >= 11 is 0. The van der Waals surface area contributed by atoms with Crippen molar-refractivity contribution in [1.29, 1.82) is 0 Å². The zero-order valence-electron chi connectivity index (χ0n) is 16.7. The molecule has 0 aromatic rings. The van der Waals surface area contributed by atoms with Crippen LogP contribution in [0, 0.1) is 0 Å². The summed E-state index contributed by atoms with van der Waals surface area (Å²) in [6.07, 6.45) is 0. The van der Waals surface area contributed by atoms with Gasteiger partial charge in [-0.1, -0.05) is 12.2 Å². The molecule has 1 aliphatic heterocycles. The summed E-state index contributed by atoms with van der Waals surface area (Å²) in [5.74, 6) is 0.776. The van der Waals surface area contributed by atoms with Crippen molar-refractivity contribution in [2.45, 2.75) is 32.9 Å².